The van der Waals surface area contributed by atoms with E-state index in [2.05, 4.69) is 0 Å². The lowest BCUT2D eigenvalue weighted by Crippen LogP contribution is -2.38. The van der Waals surface area contributed by atoms with Crippen molar-refractivity contribution < 1.29 is 4.74 Å². The highest BCUT2D eigenvalue weighted by atomic mass is 32.1. The Hall–Kier alpha value is -2.85. The van der Waals surface area contributed by atoms with Gasteiger partial charge < -0.3 is 4.74 Å². The summed E-state index contributed by atoms with van der Waals surface area (Å²) in [4.78, 5) is 28.0. The van der Waals surface area contributed by atoms with Crippen LogP contribution in [0.3, 0.4) is 0 Å². The van der Waals surface area contributed by atoms with Gasteiger partial charge in [-0.15, -0.1) is 11.3 Å². The Labute approximate surface area is 153 Å². The second kappa shape index (κ2) is 6.46. The van der Waals surface area contributed by atoms with Gasteiger partial charge in [0.1, 0.15) is 17.1 Å². The topological polar surface area (TPSA) is 77.0 Å². The molecule has 0 saturated heterocycles. The number of rotatable bonds is 3. The Morgan fingerprint density at radius 3 is 2.62 bits per heavy atom. The van der Waals surface area contributed by atoms with Crippen LogP contribution in [-0.2, 0) is 19.4 Å². The molecule has 7 heteroatoms. The van der Waals surface area contributed by atoms with Gasteiger partial charge in [-0.2, -0.15) is 5.26 Å². The number of thiophene rings is 1. The molecule has 3 aromatic rings. The minimum Gasteiger partial charge on any atom is -0.497 e. The van der Waals surface area contributed by atoms with Crippen molar-refractivity contribution in [3.8, 4) is 17.5 Å². The van der Waals surface area contributed by atoms with Gasteiger partial charge in [-0.3, -0.25) is 9.36 Å². The molecule has 2 heterocycles. The Balaban J connectivity index is 2.08. The molecule has 0 radical (unpaired) electrons. The molecular weight excluding hydrogens is 350 g/mol. The SMILES string of the molecule is COc1ccc(-n2c(=O)c3c4c(sc3n(CC#N)c2=O)CCCC4)cc1. The molecule has 26 heavy (non-hydrogen) atoms. The third kappa shape index (κ3) is 2.45. The summed E-state index contributed by atoms with van der Waals surface area (Å²) in [7, 11) is 1.56. The highest BCUT2D eigenvalue weighted by Gasteiger charge is 2.24. The summed E-state index contributed by atoms with van der Waals surface area (Å²) in [5.41, 5.74) is 0.747. The van der Waals surface area contributed by atoms with Gasteiger partial charge in [0.15, 0.2) is 0 Å². The van der Waals surface area contributed by atoms with E-state index in [1.165, 1.54) is 25.3 Å². The van der Waals surface area contributed by atoms with E-state index in [-0.39, 0.29) is 12.1 Å². The zero-order chi connectivity index (χ0) is 18.3. The Morgan fingerprint density at radius 1 is 1.19 bits per heavy atom. The predicted octanol–water partition coefficient (Wildman–Crippen LogP) is 2.62. The second-order valence-corrected chi connectivity index (χ2v) is 7.34. The fourth-order valence-corrected chi connectivity index (χ4v) is 4.91. The average Bonchev–Trinajstić information content (AvgIpc) is 3.05. The van der Waals surface area contributed by atoms with Crippen LogP contribution in [0.15, 0.2) is 33.9 Å². The molecule has 0 spiro atoms. The number of aromatic nitrogens is 2. The van der Waals surface area contributed by atoms with Crippen LogP contribution in [0, 0.1) is 11.3 Å². The van der Waals surface area contributed by atoms with Crippen LogP contribution in [0.4, 0.5) is 0 Å². The maximum absolute atomic E-state index is 13.2. The lowest BCUT2D eigenvalue weighted by atomic mass is 9.97. The number of hydrogen-bond acceptors (Lipinski definition) is 5. The molecule has 0 fully saturated rings. The van der Waals surface area contributed by atoms with Gasteiger partial charge in [0.25, 0.3) is 5.56 Å². The highest BCUT2D eigenvalue weighted by molar-refractivity contribution is 7.18. The number of nitrogens with zero attached hydrogens (tertiary/aromatic N) is 3. The van der Waals surface area contributed by atoms with Gasteiger partial charge in [0.2, 0.25) is 0 Å². The summed E-state index contributed by atoms with van der Waals surface area (Å²) < 4.78 is 7.74. The third-order valence-electron chi connectivity index (χ3n) is 4.80. The Kier molecular flexibility index (Phi) is 4.13. The quantitative estimate of drug-likeness (QED) is 0.713. The van der Waals surface area contributed by atoms with E-state index in [9.17, 15) is 14.9 Å². The van der Waals surface area contributed by atoms with Crippen LogP contribution in [0.1, 0.15) is 23.3 Å². The van der Waals surface area contributed by atoms with Crippen LogP contribution < -0.4 is 16.0 Å². The van der Waals surface area contributed by atoms with E-state index in [1.807, 2.05) is 6.07 Å². The van der Waals surface area contributed by atoms with Crippen molar-refractivity contribution in [3.63, 3.8) is 0 Å². The van der Waals surface area contributed by atoms with Crippen molar-refractivity contribution in [2.24, 2.45) is 0 Å². The average molecular weight is 367 g/mol. The van der Waals surface area contributed by atoms with Crippen LogP contribution in [-0.4, -0.2) is 16.2 Å². The lowest BCUT2D eigenvalue weighted by Gasteiger charge is -2.12. The maximum Gasteiger partial charge on any atom is 0.337 e. The zero-order valence-corrected chi connectivity index (χ0v) is 15.1. The molecule has 1 aliphatic rings. The van der Waals surface area contributed by atoms with Crippen LogP contribution in [0.25, 0.3) is 15.9 Å². The van der Waals surface area contributed by atoms with E-state index >= 15 is 0 Å². The summed E-state index contributed by atoms with van der Waals surface area (Å²) in [6, 6.07) is 8.84. The molecule has 0 aliphatic heterocycles. The fourth-order valence-electron chi connectivity index (χ4n) is 3.54. The van der Waals surface area contributed by atoms with Crippen LogP contribution in [0.2, 0.25) is 0 Å². The van der Waals surface area contributed by atoms with Gasteiger partial charge in [-0.05, 0) is 55.5 Å². The summed E-state index contributed by atoms with van der Waals surface area (Å²) in [5, 5.41) is 9.79. The van der Waals surface area contributed by atoms with Gasteiger partial charge in [-0.1, -0.05) is 0 Å². The number of nitriles is 1. The second-order valence-electron chi connectivity index (χ2n) is 6.26. The molecular formula is C19H17N3O3S. The Bertz CT molecular complexity index is 1150. The highest BCUT2D eigenvalue weighted by Crippen LogP contribution is 2.34. The molecule has 1 aliphatic carbocycles. The molecule has 4 rings (SSSR count). The monoisotopic (exact) mass is 367 g/mol. The molecule has 0 unspecified atom stereocenters. The van der Waals surface area contributed by atoms with Gasteiger partial charge in [-0.25, -0.2) is 9.36 Å². The van der Waals surface area contributed by atoms with E-state index in [1.54, 1.807) is 31.4 Å². The molecule has 0 saturated carbocycles. The number of aryl methyl sites for hydroxylation is 2. The van der Waals surface area contributed by atoms with E-state index < -0.39 is 5.69 Å². The molecule has 1 aromatic carbocycles. The lowest BCUT2D eigenvalue weighted by molar-refractivity contribution is 0.414. The molecule has 0 bridgehead atoms. The smallest absolute Gasteiger partial charge is 0.337 e. The molecule has 0 amide bonds. The van der Waals surface area contributed by atoms with Gasteiger partial charge in [0.05, 0.1) is 24.3 Å². The first kappa shape index (κ1) is 16.6. The van der Waals surface area contributed by atoms with Crippen molar-refractivity contribution in [2.75, 3.05) is 7.11 Å². The van der Waals surface area contributed by atoms with E-state index in [4.69, 9.17) is 4.74 Å². The predicted molar refractivity (Wildman–Crippen MR) is 100 cm³/mol. The van der Waals surface area contributed by atoms with Crippen molar-refractivity contribution in [1.29, 1.82) is 5.26 Å². The standard InChI is InChI=1S/C19H17N3O3S/c1-25-13-8-6-12(7-9-13)22-17(23)16-14-4-2-3-5-15(14)26-18(16)21(11-10-20)19(22)24/h6-9H,2-5,11H2,1H3. The zero-order valence-electron chi connectivity index (χ0n) is 14.3. The molecule has 132 valence electrons. The minimum absolute atomic E-state index is 0.0782. The minimum atomic E-state index is -0.479. The molecule has 0 N–H and O–H groups in total. The van der Waals surface area contributed by atoms with Crippen molar-refractivity contribution in [2.45, 2.75) is 32.2 Å². The normalized spacial score (nSPS) is 13.4. The van der Waals surface area contributed by atoms with Gasteiger partial charge in [0, 0.05) is 4.88 Å². The number of methoxy groups -OCH3 is 1. The maximum atomic E-state index is 13.2. The van der Waals surface area contributed by atoms with Crippen molar-refractivity contribution in [1.82, 2.24) is 9.13 Å². The first-order valence-corrected chi connectivity index (χ1v) is 9.29. The van der Waals surface area contributed by atoms with E-state index in [0.717, 1.165) is 31.2 Å². The molecule has 6 nitrogen and oxygen atoms in total. The first-order chi connectivity index (χ1) is 12.7. The summed E-state index contributed by atoms with van der Waals surface area (Å²) in [5.74, 6) is 0.646. The van der Waals surface area contributed by atoms with Crippen molar-refractivity contribution >= 4 is 21.6 Å². The summed E-state index contributed by atoms with van der Waals surface area (Å²) in [6.45, 7) is -0.0782. The number of fused-ring (bicyclic) bond motifs is 3. The number of ether oxygens (including phenoxy) is 1. The third-order valence-corrected chi connectivity index (χ3v) is 6.11. The van der Waals surface area contributed by atoms with Crippen LogP contribution in [0.5, 0.6) is 5.75 Å². The Morgan fingerprint density at radius 2 is 1.92 bits per heavy atom. The van der Waals surface area contributed by atoms with Crippen LogP contribution >= 0.6 is 11.3 Å². The number of hydrogen-bond donors (Lipinski definition) is 0. The first-order valence-electron chi connectivity index (χ1n) is 8.47. The summed E-state index contributed by atoms with van der Waals surface area (Å²) in [6.07, 6.45) is 3.91. The summed E-state index contributed by atoms with van der Waals surface area (Å²) >= 11 is 1.48. The van der Waals surface area contributed by atoms with E-state index in [0.29, 0.717) is 21.7 Å². The van der Waals surface area contributed by atoms with Gasteiger partial charge >= 0.3 is 5.69 Å². The fraction of sp³-hybridized carbons (Fsp3) is 0.316. The molecule has 2 aromatic heterocycles. The number of benzene rings is 1. The molecule has 0 atom stereocenters. The largest absolute Gasteiger partial charge is 0.497 e. The van der Waals surface area contributed by atoms with Crippen molar-refractivity contribution in [3.05, 3.63) is 55.5 Å².